The molecule has 3 aliphatic rings. The molecule has 1 spiro atoms. The van der Waals surface area contributed by atoms with Crippen molar-refractivity contribution in [2.75, 3.05) is 39.9 Å². The standard InChI is InChI=1S/C19H29N3O3.C2HF3O2/c1-14-9-17(25-20-14)18(23)22-7-5-19(6-8-22)10-16(21(2)13-19)12-24-11-15-3-4-15;3-2(4,5)1(6)7/h9,15-16H,3-8,10-13H2,1-2H3;(H,6,7). The molecule has 0 radical (unpaired) electrons. The van der Waals surface area contributed by atoms with Crippen LogP contribution in [0.2, 0.25) is 0 Å². The Morgan fingerprint density at radius 3 is 2.41 bits per heavy atom. The van der Waals surface area contributed by atoms with E-state index in [1.807, 2.05) is 11.8 Å². The number of ether oxygens (including phenoxy) is 1. The normalized spacial score (nSPS) is 23.2. The van der Waals surface area contributed by atoms with E-state index < -0.39 is 12.1 Å². The average molecular weight is 461 g/mol. The maximum atomic E-state index is 12.5. The first-order chi connectivity index (χ1) is 15.0. The van der Waals surface area contributed by atoms with Crippen molar-refractivity contribution in [2.24, 2.45) is 11.3 Å². The van der Waals surface area contributed by atoms with E-state index in [1.165, 1.54) is 19.3 Å². The van der Waals surface area contributed by atoms with Gasteiger partial charge in [-0.15, -0.1) is 0 Å². The number of piperidine rings is 1. The number of aryl methyl sites for hydroxylation is 1. The largest absolute Gasteiger partial charge is 0.490 e. The highest BCUT2D eigenvalue weighted by atomic mass is 19.4. The summed E-state index contributed by atoms with van der Waals surface area (Å²) in [5.74, 6) is -1.59. The summed E-state index contributed by atoms with van der Waals surface area (Å²) < 4.78 is 42.8. The number of alkyl halides is 3. The minimum absolute atomic E-state index is 0.0221. The molecule has 1 aromatic rings. The summed E-state index contributed by atoms with van der Waals surface area (Å²) >= 11 is 0. The number of halogens is 3. The van der Waals surface area contributed by atoms with E-state index in [0.717, 1.165) is 57.3 Å². The van der Waals surface area contributed by atoms with E-state index in [1.54, 1.807) is 6.07 Å². The summed E-state index contributed by atoms with van der Waals surface area (Å²) in [5, 5.41) is 11.0. The number of likely N-dealkylation sites (tertiary alicyclic amines) is 2. The van der Waals surface area contributed by atoms with E-state index in [2.05, 4.69) is 17.1 Å². The van der Waals surface area contributed by atoms with Gasteiger partial charge in [0.15, 0.2) is 0 Å². The zero-order valence-corrected chi connectivity index (χ0v) is 18.4. The number of hydrogen-bond donors (Lipinski definition) is 1. The van der Waals surface area contributed by atoms with Crippen LogP contribution < -0.4 is 0 Å². The van der Waals surface area contributed by atoms with Gasteiger partial charge in [-0.25, -0.2) is 4.79 Å². The van der Waals surface area contributed by atoms with Crippen molar-refractivity contribution in [2.45, 2.75) is 51.2 Å². The van der Waals surface area contributed by atoms with Crippen LogP contribution in [0.4, 0.5) is 13.2 Å². The fraction of sp³-hybridized carbons (Fsp3) is 0.762. The summed E-state index contributed by atoms with van der Waals surface area (Å²) in [4.78, 5) is 25.8. The molecule has 3 fully saturated rings. The van der Waals surface area contributed by atoms with E-state index >= 15 is 0 Å². The number of carboxylic acid groups (broad SMARTS) is 1. The van der Waals surface area contributed by atoms with Gasteiger partial charge in [0.05, 0.1) is 12.3 Å². The van der Waals surface area contributed by atoms with E-state index in [9.17, 15) is 18.0 Å². The second-order valence-electron chi connectivity index (χ2n) is 9.18. The van der Waals surface area contributed by atoms with Gasteiger partial charge < -0.3 is 24.2 Å². The smallest absolute Gasteiger partial charge is 0.475 e. The molecule has 1 N–H and O–H groups in total. The Kier molecular flexibility index (Phi) is 7.49. The van der Waals surface area contributed by atoms with E-state index in [0.29, 0.717) is 17.2 Å². The molecular formula is C21H30F3N3O5. The Hall–Kier alpha value is -2.14. The number of amides is 1. The van der Waals surface area contributed by atoms with Crippen LogP contribution in [0.1, 0.15) is 48.4 Å². The molecule has 0 aromatic carbocycles. The van der Waals surface area contributed by atoms with Crippen molar-refractivity contribution in [1.29, 1.82) is 0 Å². The van der Waals surface area contributed by atoms with Crippen molar-refractivity contribution < 1.29 is 37.1 Å². The number of rotatable bonds is 5. The van der Waals surface area contributed by atoms with Gasteiger partial charge in [0.2, 0.25) is 5.76 Å². The molecule has 1 saturated carbocycles. The molecular weight excluding hydrogens is 431 g/mol. The average Bonchev–Trinajstić information content (AvgIpc) is 3.36. The quantitative estimate of drug-likeness (QED) is 0.720. The highest BCUT2D eigenvalue weighted by Crippen LogP contribution is 2.43. The van der Waals surface area contributed by atoms with Crippen LogP contribution in [0, 0.1) is 18.3 Å². The Bertz CT molecular complexity index is 801. The first-order valence-corrected chi connectivity index (χ1v) is 10.8. The van der Waals surface area contributed by atoms with Crippen LogP contribution in [0.25, 0.3) is 0 Å². The van der Waals surface area contributed by atoms with Gasteiger partial charge in [-0.05, 0) is 57.4 Å². The lowest BCUT2D eigenvalue weighted by atomic mass is 9.76. The van der Waals surface area contributed by atoms with Gasteiger partial charge in [0, 0.05) is 38.3 Å². The van der Waals surface area contributed by atoms with Crippen molar-refractivity contribution in [3.8, 4) is 0 Å². The lowest BCUT2D eigenvalue weighted by molar-refractivity contribution is -0.192. The molecule has 0 bridgehead atoms. The first-order valence-electron chi connectivity index (χ1n) is 10.8. The predicted molar refractivity (Wildman–Crippen MR) is 107 cm³/mol. The third kappa shape index (κ3) is 6.44. The fourth-order valence-corrected chi connectivity index (χ4v) is 4.39. The third-order valence-corrected chi connectivity index (χ3v) is 6.43. The van der Waals surface area contributed by atoms with Gasteiger partial charge in [0.1, 0.15) is 0 Å². The molecule has 180 valence electrons. The van der Waals surface area contributed by atoms with Crippen molar-refractivity contribution in [1.82, 2.24) is 15.0 Å². The molecule has 4 rings (SSSR count). The number of likely N-dealkylation sites (N-methyl/N-ethyl adjacent to an activating group) is 1. The maximum Gasteiger partial charge on any atom is 0.490 e. The Balaban J connectivity index is 0.000000360. The summed E-state index contributed by atoms with van der Waals surface area (Å²) in [7, 11) is 2.22. The van der Waals surface area contributed by atoms with Crippen LogP contribution in [0.15, 0.2) is 10.6 Å². The molecule has 3 heterocycles. The van der Waals surface area contributed by atoms with Crippen molar-refractivity contribution >= 4 is 11.9 Å². The van der Waals surface area contributed by atoms with Gasteiger partial charge in [-0.2, -0.15) is 13.2 Å². The fourth-order valence-electron chi connectivity index (χ4n) is 4.39. The van der Waals surface area contributed by atoms with Crippen LogP contribution in [-0.4, -0.2) is 84.1 Å². The summed E-state index contributed by atoms with van der Waals surface area (Å²) in [6.07, 6.45) is 0.931. The third-order valence-electron chi connectivity index (χ3n) is 6.43. The zero-order chi connectivity index (χ0) is 23.5. The summed E-state index contributed by atoms with van der Waals surface area (Å²) in [6.45, 7) is 6.37. The van der Waals surface area contributed by atoms with Crippen LogP contribution in [0.3, 0.4) is 0 Å². The maximum absolute atomic E-state index is 12.5. The van der Waals surface area contributed by atoms with E-state index in [4.69, 9.17) is 19.2 Å². The Morgan fingerprint density at radius 2 is 1.91 bits per heavy atom. The van der Waals surface area contributed by atoms with E-state index in [-0.39, 0.29) is 5.91 Å². The summed E-state index contributed by atoms with van der Waals surface area (Å²) in [5.41, 5.74) is 1.10. The van der Waals surface area contributed by atoms with Crippen LogP contribution >= 0.6 is 0 Å². The minimum atomic E-state index is -5.08. The first kappa shape index (κ1) is 24.5. The number of carbonyl (C=O) groups excluding carboxylic acids is 1. The van der Waals surface area contributed by atoms with Gasteiger partial charge >= 0.3 is 12.1 Å². The van der Waals surface area contributed by atoms with Gasteiger partial charge in [-0.3, -0.25) is 4.79 Å². The Labute approximate surface area is 184 Å². The number of aliphatic carboxylic acids is 1. The highest BCUT2D eigenvalue weighted by Gasteiger charge is 2.45. The van der Waals surface area contributed by atoms with Crippen molar-refractivity contribution in [3.63, 3.8) is 0 Å². The zero-order valence-electron chi connectivity index (χ0n) is 18.4. The van der Waals surface area contributed by atoms with Crippen molar-refractivity contribution in [3.05, 3.63) is 17.5 Å². The predicted octanol–water partition coefficient (Wildman–Crippen LogP) is 2.97. The Morgan fingerprint density at radius 1 is 1.28 bits per heavy atom. The van der Waals surface area contributed by atoms with Crippen LogP contribution in [-0.2, 0) is 9.53 Å². The molecule has 1 amide bonds. The van der Waals surface area contributed by atoms with Crippen LogP contribution in [0.5, 0.6) is 0 Å². The topological polar surface area (TPSA) is 96.1 Å². The highest BCUT2D eigenvalue weighted by molar-refractivity contribution is 5.91. The minimum Gasteiger partial charge on any atom is -0.475 e. The molecule has 1 aliphatic carbocycles. The molecule has 1 aromatic heterocycles. The molecule has 11 heteroatoms. The number of carboxylic acids is 1. The van der Waals surface area contributed by atoms with Gasteiger partial charge in [0.25, 0.3) is 5.91 Å². The molecule has 32 heavy (non-hydrogen) atoms. The number of hydrogen-bond acceptors (Lipinski definition) is 6. The lowest BCUT2D eigenvalue weighted by Crippen LogP contribution is -2.44. The number of carbonyl (C=O) groups is 2. The molecule has 1 unspecified atom stereocenters. The summed E-state index contributed by atoms with van der Waals surface area (Å²) in [6, 6.07) is 2.25. The lowest BCUT2D eigenvalue weighted by Gasteiger charge is -2.38. The molecule has 2 aliphatic heterocycles. The second-order valence-corrected chi connectivity index (χ2v) is 9.18. The number of aromatic nitrogens is 1. The monoisotopic (exact) mass is 461 g/mol. The SMILES string of the molecule is Cc1cc(C(=O)N2CCC3(CC2)CC(COCC2CC2)N(C)C3)on1.O=C(O)C(F)(F)F. The second kappa shape index (κ2) is 9.78. The molecule has 1 atom stereocenters. The number of nitrogens with zero attached hydrogens (tertiary/aromatic N) is 3. The van der Waals surface area contributed by atoms with Gasteiger partial charge in [-0.1, -0.05) is 5.16 Å². The molecule has 2 saturated heterocycles. The molecule has 8 nitrogen and oxygen atoms in total.